The van der Waals surface area contributed by atoms with E-state index in [-0.39, 0.29) is 18.4 Å². The molecule has 0 saturated heterocycles. The molecule has 0 radical (unpaired) electrons. The third-order valence-corrected chi connectivity index (χ3v) is 3.38. The van der Waals surface area contributed by atoms with Crippen molar-refractivity contribution in [2.45, 2.75) is 12.7 Å². The normalized spacial score (nSPS) is 15.0. The van der Waals surface area contributed by atoms with E-state index in [0.717, 1.165) is 5.56 Å². The number of nitrogens with zero attached hydrogens (tertiary/aromatic N) is 2. The first-order chi connectivity index (χ1) is 8.16. The summed E-state index contributed by atoms with van der Waals surface area (Å²) in [7, 11) is 0. The molecule has 4 nitrogen and oxygen atoms in total. The van der Waals surface area contributed by atoms with Crippen LogP contribution in [0, 0.1) is 0 Å². The zero-order valence-corrected chi connectivity index (χ0v) is 10.2. The minimum absolute atomic E-state index is 0.0758. The first-order valence-electron chi connectivity index (χ1n) is 5.23. The maximum absolute atomic E-state index is 11.3. The van der Waals surface area contributed by atoms with E-state index in [4.69, 9.17) is 0 Å². The molecule has 0 fully saturated rings. The van der Waals surface area contributed by atoms with Crippen molar-refractivity contribution in [1.82, 2.24) is 4.90 Å². The van der Waals surface area contributed by atoms with Crippen LogP contribution in [0.3, 0.4) is 0 Å². The van der Waals surface area contributed by atoms with Gasteiger partial charge < -0.3 is 0 Å². The van der Waals surface area contributed by atoms with Gasteiger partial charge in [-0.2, -0.15) is 4.99 Å². The molecule has 2 amide bonds. The Morgan fingerprint density at radius 2 is 2.12 bits per heavy atom. The van der Waals surface area contributed by atoms with Gasteiger partial charge in [0.05, 0.1) is 0 Å². The highest BCUT2D eigenvalue weighted by molar-refractivity contribution is 8.13. The van der Waals surface area contributed by atoms with Gasteiger partial charge >= 0.3 is 0 Å². The summed E-state index contributed by atoms with van der Waals surface area (Å²) < 4.78 is 0. The minimum Gasteiger partial charge on any atom is -0.282 e. The Morgan fingerprint density at radius 3 is 2.76 bits per heavy atom. The fourth-order valence-corrected chi connectivity index (χ4v) is 2.49. The quantitative estimate of drug-likeness (QED) is 0.800. The second-order valence-corrected chi connectivity index (χ2v) is 4.61. The van der Waals surface area contributed by atoms with E-state index in [0.29, 0.717) is 10.9 Å². The fraction of sp³-hybridized carbons (Fsp3) is 0.250. The number of carbonyl (C=O) groups is 2. The van der Waals surface area contributed by atoms with Crippen LogP contribution in [0.5, 0.6) is 0 Å². The Bertz CT molecular complexity index is 471. The lowest BCUT2D eigenvalue weighted by Crippen LogP contribution is -2.31. The molecule has 1 aromatic rings. The van der Waals surface area contributed by atoms with Gasteiger partial charge in [-0.25, -0.2) is 0 Å². The first kappa shape index (κ1) is 11.9. The lowest BCUT2D eigenvalue weighted by molar-refractivity contribution is -0.127. The summed E-state index contributed by atoms with van der Waals surface area (Å²) in [6.07, 6.45) is 0. The number of amidine groups is 1. The van der Waals surface area contributed by atoms with Crippen molar-refractivity contribution in [3.63, 3.8) is 0 Å². The van der Waals surface area contributed by atoms with Crippen LogP contribution in [0.25, 0.3) is 0 Å². The molecule has 0 bridgehead atoms. The molecule has 1 aliphatic rings. The zero-order valence-electron chi connectivity index (χ0n) is 9.42. The van der Waals surface area contributed by atoms with Crippen molar-refractivity contribution in [2.24, 2.45) is 4.99 Å². The smallest absolute Gasteiger partial charge is 0.268 e. The van der Waals surface area contributed by atoms with E-state index in [1.54, 1.807) is 0 Å². The van der Waals surface area contributed by atoms with Gasteiger partial charge in [0.2, 0.25) is 5.91 Å². The molecule has 88 valence electrons. The number of benzene rings is 1. The second kappa shape index (κ2) is 5.14. The monoisotopic (exact) mass is 248 g/mol. The fourth-order valence-electron chi connectivity index (χ4n) is 1.48. The van der Waals surface area contributed by atoms with E-state index >= 15 is 0 Å². The Hall–Kier alpha value is -1.62. The van der Waals surface area contributed by atoms with Crippen LogP contribution in [0.2, 0.25) is 0 Å². The van der Waals surface area contributed by atoms with Crippen LogP contribution < -0.4 is 0 Å². The minimum atomic E-state index is -0.254. The van der Waals surface area contributed by atoms with Crippen LogP contribution in [0.1, 0.15) is 12.5 Å². The molecular weight excluding hydrogens is 236 g/mol. The summed E-state index contributed by atoms with van der Waals surface area (Å²) in [6, 6.07) is 9.87. The van der Waals surface area contributed by atoms with Crippen LogP contribution >= 0.6 is 11.8 Å². The van der Waals surface area contributed by atoms with Gasteiger partial charge in [0.15, 0.2) is 5.17 Å². The largest absolute Gasteiger partial charge is 0.282 e. The molecular formula is C12H12N2O2S. The number of hydrogen-bond acceptors (Lipinski definition) is 3. The Morgan fingerprint density at radius 1 is 1.41 bits per heavy atom. The summed E-state index contributed by atoms with van der Waals surface area (Å²) in [5.41, 5.74) is 1.14. The van der Waals surface area contributed by atoms with E-state index in [2.05, 4.69) is 4.99 Å². The molecule has 5 heteroatoms. The van der Waals surface area contributed by atoms with E-state index in [1.165, 1.54) is 23.6 Å². The van der Waals surface area contributed by atoms with E-state index in [9.17, 15) is 9.59 Å². The number of rotatable bonds is 2. The maximum Gasteiger partial charge on any atom is 0.268 e. The van der Waals surface area contributed by atoms with Crippen LogP contribution in [0.4, 0.5) is 0 Å². The van der Waals surface area contributed by atoms with Gasteiger partial charge in [-0.15, -0.1) is 0 Å². The molecule has 0 aliphatic carbocycles. The Kier molecular flexibility index (Phi) is 3.58. The standard InChI is InChI=1S/C12H12N2O2S/c1-9(15)14-7-11(16)13-12(14)17-8-10-5-3-2-4-6-10/h2-6H,7-8H2,1H3. The van der Waals surface area contributed by atoms with Gasteiger partial charge in [-0.05, 0) is 5.56 Å². The van der Waals surface area contributed by atoms with Crippen molar-refractivity contribution >= 4 is 28.7 Å². The van der Waals surface area contributed by atoms with Gasteiger partial charge in [-0.3, -0.25) is 14.5 Å². The SMILES string of the molecule is CC(=O)N1CC(=O)N=C1SCc1ccccc1. The van der Waals surface area contributed by atoms with Crippen LogP contribution in [-0.4, -0.2) is 28.4 Å². The first-order valence-corrected chi connectivity index (χ1v) is 6.22. The molecule has 1 heterocycles. The zero-order chi connectivity index (χ0) is 12.3. The number of amides is 2. The number of hydrogen-bond donors (Lipinski definition) is 0. The Balaban J connectivity index is 2.01. The molecule has 0 unspecified atom stereocenters. The van der Waals surface area contributed by atoms with Crippen LogP contribution in [0.15, 0.2) is 35.3 Å². The summed E-state index contributed by atoms with van der Waals surface area (Å²) in [6.45, 7) is 1.52. The summed E-state index contributed by atoms with van der Waals surface area (Å²) in [5.74, 6) is 0.308. The summed E-state index contributed by atoms with van der Waals surface area (Å²) >= 11 is 1.41. The molecule has 0 aromatic heterocycles. The lowest BCUT2D eigenvalue weighted by Gasteiger charge is -2.13. The number of carbonyl (C=O) groups excluding carboxylic acids is 2. The van der Waals surface area contributed by atoms with Crippen molar-refractivity contribution in [1.29, 1.82) is 0 Å². The third kappa shape index (κ3) is 2.94. The van der Waals surface area contributed by atoms with Crippen molar-refractivity contribution < 1.29 is 9.59 Å². The highest BCUT2D eigenvalue weighted by Crippen LogP contribution is 2.19. The van der Waals surface area contributed by atoms with Gasteiger partial charge in [0, 0.05) is 12.7 Å². The molecule has 0 spiro atoms. The highest BCUT2D eigenvalue weighted by Gasteiger charge is 2.26. The van der Waals surface area contributed by atoms with E-state index in [1.807, 2.05) is 30.3 Å². The number of aliphatic imine (C=N–C) groups is 1. The average Bonchev–Trinajstić information content (AvgIpc) is 2.69. The number of thioether (sulfide) groups is 1. The Labute approximate surface area is 104 Å². The van der Waals surface area contributed by atoms with Crippen molar-refractivity contribution in [2.75, 3.05) is 6.54 Å². The predicted octanol–water partition coefficient (Wildman–Crippen LogP) is 1.66. The van der Waals surface area contributed by atoms with Gasteiger partial charge in [0.25, 0.3) is 5.91 Å². The molecule has 1 aromatic carbocycles. The van der Waals surface area contributed by atoms with Gasteiger partial charge in [-0.1, -0.05) is 42.1 Å². The molecule has 0 saturated carbocycles. The van der Waals surface area contributed by atoms with Crippen molar-refractivity contribution in [3.05, 3.63) is 35.9 Å². The summed E-state index contributed by atoms with van der Waals surface area (Å²) in [5, 5.41) is 0.506. The molecule has 0 atom stereocenters. The van der Waals surface area contributed by atoms with Gasteiger partial charge in [0.1, 0.15) is 6.54 Å². The predicted molar refractivity (Wildman–Crippen MR) is 67.6 cm³/mol. The van der Waals surface area contributed by atoms with Crippen molar-refractivity contribution in [3.8, 4) is 0 Å². The molecule has 17 heavy (non-hydrogen) atoms. The van der Waals surface area contributed by atoms with E-state index < -0.39 is 0 Å². The summed E-state index contributed by atoms with van der Waals surface area (Å²) in [4.78, 5) is 27.7. The second-order valence-electron chi connectivity index (χ2n) is 3.67. The molecule has 0 N–H and O–H groups in total. The third-order valence-electron chi connectivity index (χ3n) is 2.34. The average molecular weight is 248 g/mol. The van der Waals surface area contributed by atoms with Crippen LogP contribution in [-0.2, 0) is 15.3 Å². The molecule has 1 aliphatic heterocycles. The maximum atomic E-state index is 11.3. The molecule has 2 rings (SSSR count). The lowest BCUT2D eigenvalue weighted by atomic mass is 10.2. The highest BCUT2D eigenvalue weighted by atomic mass is 32.2. The topological polar surface area (TPSA) is 49.7 Å².